The van der Waals surface area contributed by atoms with Crippen LogP contribution in [0.2, 0.25) is 0 Å². The molecule has 0 aromatic carbocycles. The molecular weight excluding hydrogens is 536 g/mol. The van der Waals surface area contributed by atoms with Crippen molar-refractivity contribution in [3.05, 3.63) is 12.7 Å². The SMILES string of the molecule is C=C[C@@]1(C)CC(=O)[C@]2(O)[C@@]3(C)[C@@H](O)CCC(C)(C)[C@@H]3[C@H](C(=O)CCN3CCCCC3)[C@H](OC(=O)N(CC)CC)[C@@]2(C)O1. The Morgan fingerprint density at radius 2 is 1.74 bits per heavy atom. The minimum absolute atomic E-state index is 0.0958. The zero-order valence-electron chi connectivity index (χ0n) is 26.9. The minimum atomic E-state index is -2.23. The van der Waals surface area contributed by atoms with Gasteiger partial charge in [0.1, 0.15) is 17.5 Å². The van der Waals surface area contributed by atoms with Gasteiger partial charge in [0.2, 0.25) is 0 Å². The van der Waals surface area contributed by atoms with Crippen LogP contribution in [-0.4, -0.2) is 99.4 Å². The standard InChI is InChI=1S/C33H54N2O7/c1-9-30(6)21-24(38)33(40)31(7)23(37)15-17-29(4,5)26(31)25(22(36)16-20-34-18-13-12-14-19-34)27(32(33,8)42-30)41-28(39)35(10-2)11-3/h9,23,25-27,37,40H,1,10-21H2,2-8H3/t23-,25-,26-,27-,30-,31-,32+,33-/m0/s1. The summed E-state index contributed by atoms with van der Waals surface area (Å²) >= 11 is 0. The molecule has 9 nitrogen and oxygen atoms in total. The van der Waals surface area contributed by atoms with Gasteiger partial charge in [-0.15, -0.1) is 6.58 Å². The van der Waals surface area contributed by atoms with Gasteiger partial charge in [-0.2, -0.15) is 0 Å². The summed E-state index contributed by atoms with van der Waals surface area (Å²) in [7, 11) is 0. The third kappa shape index (κ3) is 4.96. The summed E-state index contributed by atoms with van der Waals surface area (Å²) in [5.41, 5.74) is -7.23. The number of ketones is 2. The molecule has 2 aliphatic heterocycles. The first-order valence-electron chi connectivity index (χ1n) is 16.0. The van der Waals surface area contributed by atoms with E-state index in [4.69, 9.17) is 9.47 Å². The quantitative estimate of drug-likeness (QED) is 0.406. The molecule has 0 bridgehead atoms. The van der Waals surface area contributed by atoms with Crippen LogP contribution in [0.15, 0.2) is 12.7 Å². The Balaban J connectivity index is 1.92. The smallest absolute Gasteiger partial charge is 0.410 e. The van der Waals surface area contributed by atoms with Crippen molar-refractivity contribution in [1.29, 1.82) is 0 Å². The monoisotopic (exact) mass is 590 g/mol. The van der Waals surface area contributed by atoms with Crippen molar-refractivity contribution in [2.24, 2.45) is 22.7 Å². The highest BCUT2D eigenvalue weighted by Gasteiger charge is 2.82. The molecule has 4 rings (SSSR count). The maximum absolute atomic E-state index is 14.6. The summed E-state index contributed by atoms with van der Waals surface area (Å²) in [6.07, 6.45) is 3.00. The average molecular weight is 591 g/mol. The molecule has 2 saturated heterocycles. The summed E-state index contributed by atoms with van der Waals surface area (Å²) in [5, 5.41) is 24.6. The number of hydrogen-bond donors (Lipinski definition) is 2. The Bertz CT molecular complexity index is 1070. The van der Waals surface area contributed by atoms with E-state index in [2.05, 4.69) is 11.5 Å². The van der Waals surface area contributed by atoms with Gasteiger partial charge in [-0.25, -0.2) is 4.79 Å². The van der Waals surface area contributed by atoms with Crippen LogP contribution in [0.5, 0.6) is 0 Å². The second-order valence-electron chi connectivity index (χ2n) is 14.5. The van der Waals surface area contributed by atoms with Gasteiger partial charge in [0, 0.05) is 37.9 Å². The van der Waals surface area contributed by atoms with Crippen LogP contribution in [0.1, 0.15) is 93.4 Å². The van der Waals surface area contributed by atoms with Gasteiger partial charge in [0.05, 0.1) is 17.6 Å². The number of aliphatic hydroxyl groups excluding tert-OH is 1. The Hall–Kier alpha value is -1.81. The van der Waals surface area contributed by atoms with E-state index in [0.717, 1.165) is 25.9 Å². The lowest BCUT2D eigenvalue weighted by molar-refractivity contribution is -0.359. The largest absolute Gasteiger partial charge is 0.442 e. The average Bonchev–Trinajstić information content (AvgIpc) is 2.94. The van der Waals surface area contributed by atoms with Gasteiger partial charge in [0.15, 0.2) is 11.4 Å². The lowest BCUT2D eigenvalue weighted by atomic mass is 9.37. The van der Waals surface area contributed by atoms with E-state index >= 15 is 0 Å². The van der Waals surface area contributed by atoms with E-state index in [1.807, 2.05) is 27.7 Å². The van der Waals surface area contributed by atoms with Crippen LogP contribution < -0.4 is 0 Å². The van der Waals surface area contributed by atoms with Crippen LogP contribution in [0.25, 0.3) is 0 Å². The highest BCUT2D eigenvalue weighted by atomic mass is 16.6. The maximum Gasteiger partial charge on any atom is 0.410 e. The molecule has 42 heavy (non-hydrogen) atoms. The fraction of sp³-hybridized carbons (Fsp3) is 0.848. The Morgan fingerprint density at radius 3 is 2.31 bits per heavy atom. The molecule has 2 saturated carbocycles. The van der Waals surface area contributed by atoms with Crippen LogP contribution in [0.4, 0.5) is 4.79 Å². The fourth-order valence-electron chi connectivity index (χ4n) is 9.18. The van der Waals surface area contributed by atoms with Gasteiger partial charge in [0.25, 0.3) is 0 Å². The summed E-state index contributed by atoms with van der Waals surface area (Å²) in [6.45, 7) is 20.0. The normalized spacial score (nSPS) is 41.8. The number of piperidine rings is 1. The number of ether oxygens (including phenoxy) is 2. The predicted molar refractivity (Wildman–Crippen MR) is 160 cm³/mol. The van der Waals surface area contributed by atoms with Crippen LogP contribution >= 0.6 is 0 Å². The minimum Gasteiger partial charge on any atom is -0.442 e. The number of rotatable bonds is 8. The molecule has 9 heteroatoms. The lowest BCUT2D eigenvalue weighted by Gasteiger charge is -2.71. The number of aliphatic hydroxyl groups is 2. The molecule has 0 radical (unpaired) electrons. The molecule has 2 N–H and O–H groups in total. The second-order valence-corrected chi connectivity index (χ2v) is 14.5. The number of carbonyl (C=O) groups excluding carboxylic acids is 3. The van der Waals surface area contributed by atoms with E-state index in [0.29, 0.717) is 32.5 Å². The molecular formula is C33H54N2O7. The number of Topliss-reactive ketones (excluding diaryl/α,β-unsaturated/α-hetero) is 2. The van der Waals surface area contributed by atoms with E-state index in [1.165, 1.54) is 17.4 Å². The number of likely N-dealkylation sites (tertiary alicyclic amines) is 1. The van der Waals surface area contributed by atoms with Crippen molar-refractivity contribution < 1.29 is 34.1 Å². The summed E-state index contributed by atoms with van der Waals surface area (Å²) in [5.74, 6) is -2.15. The van der Waals surface area contributed by atoms with Gasteiger partial charge in [-0.05, 0) is 77.8 Å². The van der Waals surface area contributed by atoms with Crippen molar-refractivity contribution in [3.8, 4) is 0 Å². The Morgan fingerprint density at radius 1 is 1.12 bits per heavy atom. The molecule has 0 spiro atoms. The molecule has 2 aliphatic carbocycles. The number of nitrogens with zero attached hydrogens (tertiary/aromatic N) is 2. The van der Waals surface area contributed by atoms with Crippen LogP contribution in [-0.2, 0) is 19.1 Å². The first kappa shape index (κ1) is 33.1. The van der Waals surface area contributed by atoms with Crippen molar-refractivity contribution in [2.75, 3.05) is 32.7 Å². The topological polar surface area (TPSA) is 117 Å². The van der Waals surface area contributed by atoms with E-state index in [-0.39, 0.29) is 18.6 Å². The summed E-state index contributed by atoms with van der Waals surface area (Å²) < 4.78 is 13.0. The molecule has 0 unspecified atom stereocenters. The van der Waals surface area contributed by atoms with Gasteiger partial charge in [-0.3, -0.25) is 9.59 Å². The van der Waals surface area contributed by atoms with Crippen molar-refractivity contribution in [2.45, 2.75) is 122 Å². The number of fused-ring (bicyclic) bond motifs is 3. The molecule has 1 amide bonds. The number of amides is 1. The Labute approximate surface area is 252 Å². The summed E-state index contributed by atoms with van der Waals surface area (Å²) in [4.78, 5) is 46.4. The predicted octanol–water partition coefficient (Wildman–Crippen LogP) is 4.14. The second kappa shape index (κ2) is 11.6. The van der Waals surface area contributed by atoms with Crippen LogP contribution in [0, 0.1) is 22.7 Å². The third-order valence-corrected chi connectivity index (χ3v) is 11.5. The molecule has 4 fully saturated rings. The highest BCUT2D eigenvalue weighted by molar-refractivity contribution is 5.94. The maximum atomic E-state index is 14.6. The van der Waals surface area contributed by atoms with Crippen molar-refractivity contribution >= 4 is 17.7 Å². The van der Waals surface area contributed by atoms with Crippen molar-refractivity contribution in [3.63, 3.8) is 0 Å². The number of carbonyl (C=O) groups is 3. The van der Waals surface area contributed by atoms with E-state index < -0.39 is 63.6 Å². The summed E-state index contributed by atoms with van der Waals surface area (Å²) in [6, 6.07) is 0. The van der Waals surface area contributed by atoms with Crippen LogP contribution in [0.3, 0.4) is 0 Å². The van der Waals surface area contributed by atoms with Gasteiger partial charge >= 0.3 is 6.09 Å². The third-order valence-electron chi connectivity index (χ3n) is 11.5. The first-order valence-corrected chi connectivity index (χ1v) is 16.0. The van der Waals surface area contributed by atoms with Gasteiger partial charge in [-0.1, -0.05) is 33.3 Å². The van der Waals surface area contributed by atoms with E-state index in [9.17, 15) is 24.6 Å². The fourth-order valence-corrected chi connectivity index (χ4v) is 9.18. The zero-order valence-corrected chi connectivity index (χ0v) is 26.9. The first-order chi connectivity index (χ1) is 19.6. The highest BCUT2D eigenvalue weighted by Crippen LogP contribution is 2.68. The molecule has 0 aromatic heterocycles. The molecule has 2 heterocycles. The molecule has 238 valence electrons. The van der Waals surface area contributed by atoms with Crippen molar-refractivity contribution in [1.82, 2.24) is 9.80 Å². The zero-order chi connectivity index (χ0) is 31.3. The molecule has 8 atom stereocenters. The lowest BCUT2D eigenvalue weighted by Crippen LogP contribution is -2.86. The van der Waals surface area contributed by atoms with E-state index in [1.54, 1.807) is 20.8 Å². The number of hydrogen-bond acceptors (Lipinski definition) is 8. The molecule has 4 aliphatic rings. The Kier molecular flexibility index (Phi) is 9.14. The van der Waals surface area contributed by atoms with Gasteiger partial charge < -0.3 is 29.5 Å². The molecule has 0 aromatic rings.